The molecule has 3 heterocycles. The lowest BCUT2D eigenvalue weighted by atomic mass is 10.0. The van der Waals surface area contributed by atoms with E-state index in [1.165, 1.54) is 6.92 Å². The fraction of sp³-hybridized carbons (Fsp3) is 0.625. The molecule has 0 aliphatic carbocycles. The highest BCUT2D eigenvalue weighted by Gasteiger charge is 2.45. The van der Waals surface area contributed by atoms with Gasteiger partial charge in [0.2, 0.25) is 5.96 Å². The summed E-state index contributed by atoms with van der Waals surface area (Å²) in [5.41, 5.74) is 3.83. The Hall–Kier alpha value is -2.07. The topological polar surface area (TPSA) is 83.5 Å². The molecule has 1 fully saturated rings. The minimum atomic E-state index is -4.54. The number of hydrogen-bond donors (Lipinski definition) is 3. The number of halogens is 3. The molecule has 1 saturated heterocycles. The molecule has 1 aromatic rings. The summed E-state index contributed by atoms with van der Waals surface area (Å²) in [5.74, 6) is 0.689. The third-order valence-corrected chi connectivity index (χ3v) is 4.76. The van der Waals surface area contributed by atoms with Crippen LogP contribution < -0.4 is 16.4 Å². The van der Waals surface area contributed by atoms with E-state index >= 15 is 0 Å². The van der Waals surface area contributed by atoms with Crippen molar-refractivity contribution < 1.29 is 13.2 Å². The number of piperidine rings is 1. The van der Waals surface area contributed by atoms with Crippen LogP contribution in [-0.2, 0) is 0 Å². The number of likely N-dealkylation sites (tertiary alicyclic amines) is 1. The van der Waals surface area contributed by atoms with Crippen LogP contribution in [0.4, 0.5) is 19.0 Å². The number of nitrogens with zero attached hydrogens (tertiary/aromatic N) is 4. The smallest absolute Gasteiger partial charge is 0.332 e. The molecule has 2 aliphatic heterocycles. The molecule has 1 aromatic heterocycles. The zero-order valence-corrected chi connectivity index (χ0v) is 15.1. The lowest BCUT2D eigenvalue weighted by Crippen LogP contribution is -2.49. The van der Waals surface area contributed by atoms with E-state index in [9.17, 15) is 13.2 Å². The lowest BCUT2D eigenvalue weighted by molar-refractivity contribution is -0.100. The normalized spacial score (nSPS) is 25.5. The first-order valence-electron chi connectivity index (χ1n) is 8.51. The van der Waals surface area contributed by atoms with Crippen molar-refractivity contribution in [2.45, 2.75) is 44.6 Å². The summed E-state index contributed by atoms with van der Waals surface area (Å²) in [7, 11) is 2.09. The van der Waals surface area contributed by atoms with Crippen molar-refractivity contribution in [3.05, 3.63) is 23.5 Å². The van der Waals surface area contributed by atoms with E-state index in [1.54, 1.807) is 0 Å². The minimum Gasteiger partial charge on any atom is -0.332 e. The van der Waals surface area contributed by atoms with E-state index in [1.807, 2.05) is 17.8 Å². The average Bonchev–Trinajstić information content (AvgIpc) is 2.86. The molecule has 144 valence electrons. The van der Waals surface area contributed by atoms with Gasteiger partial charge in [-0.05, 0) is 46.8 Å². The van der Waals surface area contributed by atoms with E-state index < -0.39 is 17.4 Å². The maximum absolute atomic E-state index is 13.0. The average molecular weight is 371 g/mol. The summed E-state index contributed by atoms with van der Waals surface area (Å²) >= 11 is 0. The predicted molar refractivity (Wildman–Crippen MR) is 93.7 cm³/mol. The molecule has 0 bridgehead atoms. The van der Waals surface area contributed by atoms with Crippen molar-refractivity contribution in [2.75, 3.05) is 25.5 Å². The highest BCUT2D eigenvalue weighted by atomic mass is 19.4. The van der Waals surface area contributed by atoms with Crippen molar-refractivity contribution >= 4 is 11.8 Å². The molecule has 7 nitrogen and oxygen atoms in total. The molecule has 26 heavy (non-hydrogen) atoms. The van der Waals surface area contributed by atoms with Crippen LogP contribution in [0.5, 0.6) is 0 Å². The Morgan fingerprint density at radius 2 is 2.00 bits per heavy atom. The number of nitrogens with one attached hydrogen (secondary N) is 2. The number of rotatable bonds is 2. The van der Waals surface area contributed by atoms with Crippen molar-refractivity contribution in [1.82, 2.24) is 20.0 Å². The molecule has 10 heteroatoms. The van der Waals surface area contributed by atoms with Crippen molar-refractivity contribution in [1.29, 1.82) is 0 Å². The Labute approximate surface area is 150 Å². The van der Waals surface area contributed by atoms with Crippen LogP contribution in [0, 0.1) is 6.92 Å². The van der Waals surface area contributed by atoms with Gasteiger partial charge in [-0.15, -0.1) is 0 Å². The summed E-state index contributed by atoms with van der Waals surface area (Å²) in [5, 5.41) is 10.0. The lowest BCUT2D eigenvalue weighted by Gasteiger charge is -2.30. The first kappa shape index (κ1) is 18.7. The second-order valence-electron chi connectivity index (χ2n) is 7.11. The Morgan fingerprint density at radius 1 is 1.35 bits per heavy atom. The third kappa shape index (κ3) is 3.85. The molecule has 0 amide bonds. The molecule has 0 saturated carbocycles. The monoisotopic (exact) mass is 371 g/mol. The zero-order chi connectivity index (χ0) is 19.1. The molecule has 3 rings (SSSR count). The van der Waals surface area contributed by atoms with Crippen LogP contribution in [0.25, 0.3) is 0 Å². The van der Waals surface area contributed by atoms with E-state index in [-0.39, 0.29) is 5.96 Å². The molecule has 4 N–H and O–H groups in total. The van der Waals surface area contributed by atoms with Crippen molar-refractivity contribution in [3.63, 3.8) is 0 Å². The number of hydrogen-bond acceptors (Lipinski definition) is 6. The van der Waals surface area contributed by atoms with Crippen molar-refractivity contribution in [2.24, 2.45) is 10.7 Å². The Balaban J connectivity index is 1.73. The molecule has 0 radical (unpaired) electrons. The maximum atomic E-state index is 13.0. The number of aromatic nitrogens is 2. The highest BCUT2D eigenvalue weighted by Crippen LogP contribution is 2.34. The quantitative estimate of drug-likeness (QED) is 0.740. The number of aryl methyl sites for hydroxylation is 1. The number of alkyl halides is 3. The molecule has 1 unspecified atom stereocenters. The Morgan fingerprint density at radius 3 is 2.58 bits per heavy atom. The van der Waals surface area contributed by atoms with Gasteiger partial charge in [0.1, 0.15) is 5.66 Å². The van der Waals surface area contributed by atoms with Gasteiger partial charge in [-0.3, -0.25) is 4.68 Å². The van der Waals surface area contributed by atoms with E-state index in [0.29, 0.717) is 11.9 Å². The summed E-state index contributed by atoms with van der Waals surface area (Å²) in [6.45, 7) is 5.13. The first-order valence-corrected chi connectivity index (χ1v) is 8.51. The van der Waals surface area contributed by atoms with E-state index in [0.717, 1.165) is 37.7 Å². The zero-order valence-electron chi connectivity index (χ0n) is 15.1. The standard InChI is InChI=1S/C16H24F3N7/c1-10-9-26(11-4-6-25(3)7-5-11)24-13(10)22-14-21-8-12(16(17,18)19)15(2,20)23-14/h8-9,11H,4-7,20H2,1-3H3,(H2,21,22,23,24). The van der Waals surface area contributed by atoms with Crippen LogP contribution >= 0.6 is 0 Å². The second kappa shape index (κ2) is 6.58. The first-order chi connectivity index (χ1) is 12.1. The van der Waals surface area contributed by atoms with Gasteiger partial charge in [-0.1, -0.05) is 0 Å². The van der Waals surface area contributed by atoms with Gasteiger partial charge in [-0.2, -0.15) is 18.3 Å². The second-order valence-corrected chi connectivity index (χ2v) is 7.11. The van der Waals surface area contributed by atoms with Crippen LogP contribution in [0.1, 0.15) is 31.4 Å². The number of aliphatic imine (C=N–C) groups is 1. The van der Waals surface area contributed by atoms with Gasteiger partial charge in [0.25, 0.3) is 0 Å². The van der Waals surface area contributed by atoms with Crippen LogP contribution in [-0.4, -0.2) is 52.6 Å². The number of nitrogens with two attached hydrogens (primary N) is 1. The van der Waals surface area contributed by atoms with Gasteiger partial charge >= 0.3 is 6.18 Å². The van der Waals surface area contributed by atoms with E-state index in [4.69, 9.17) is 5.73 Å². The molecule has 0 spiro atoms. The predicted octanol–water partition coefficient (Wildman–Crippen LogP) is 1.95. The fourth-order valence-electron chi connectivity index (χ4n) is 3.21. The van der Waals surface area contributed by atoms with Gasteiger partial charge in [0.05, 0.1) is 11.6 Å². The third-order valence-electron chi connectivity index (χ3n) is 4.76. The van der Waals surface area contributed by atoms with Crippen LogP contribution in [0.15, 0.2) is 23.0 Å². The molecular formula is C16H24F3N7. The molecular weight excluding hydrogens is 347 g/mol. The Kier molecular flexibility index (Phi) is 4.74. The van der Waals surface area contributed by atoms with Crippen LogP contribution in [0.2, 0.25) is 0 Å². The van der Waals surface area contributed by atoms with Crippen molar-refractivity contribution in [3.8, 4) is 0 Å². The summed E-state index contributed by atoms with van der Waals surface area (Å²) in [4.78, 5) is 6.24. The van der Waals surface area contributed by atoms with Gasteiger partial charge in [0, 0.05) is 18.0 Å². The summed E-state index contributed by atoms with van der Waals surface area (Å²) < 4.78 is 40.9. The van der Waals surface area contributed by atoms with Gasteiger partial charge < -0.3 is 21.3 Å². The van der Waals surface area contributed by atoms with E-state index in [2.05, 4.69) is 32.7 Å². The molecule has 0 aromatic carbocycles. The van der Waals surface area contributed by atoms with Gasteiger partial charge in [0.15, 0.2) is 5.82 Å². The Bertz CT molecular complexity index is 725. The minimum absolute atomic E-state index is 0.139. The molecule has 2 aliphatic rings. The van der Waals surface area contributed by atoms with Crippen LogP contribution in [0.3, 0.4) is 0 Å². The number of anilines is 1. The highest BCUT2D eigenvalue weighted by molar-refractivity contribution is 5.95. The maximum Gasteiger partial charge on any atom is 0.417 e. The number of guanidine groups is 1. The summed E-state index contributed by atoms with van der Waals surface area (Å²) in [6, 6.07) is 0.318. The molecule has 1 atom stereocenters. The van der Waals surface area contributed by atoms with Gasteiger partial charge in [-0.25, -0.2) is 4.99 Å². The largest absolute Gasteiger partial charge is 0.417 e. The SMILES string of the molecule is Cc1cn(C2CCN(C)CC2)nc1NC1=NC(C)(N)C(C(F)(F)F)=CN1. The summed E-state index contributed by atoms with van der Waals surface area (Å²) in [6.07, 6.45) is 0.264. The fourth-order valence-corrected chi connectivity index (χ4v) is 3.21.